The van der Waals surface area contributed by atoms with Crippen LogP contribution in [-0.4, -0.2) is 40.6 Å². The van der Waals surface area contributed by atoms with Crippen LogP contribution in [0.2, 0.25) is 0 Å². The summed E-state index contributed by atoms with van der Waals surface area (Å²) in [6.45, 7) is 2.12. The summed E-state index contributed by atoms with van der Waals surface area (Å²) in [6, 6.07) is 7.92. The van der Waals surface area contributed by atoms with E-state index in [4.69, 9.17) is 9.47 Å². The van der Waals surface area contributed by atoms with E-state index in [1.807, 2.05) is 6.07 Å². The van der Waals surface area contributed by atoms with Gasteiger partial charge in [0.2, 0.25) is 0 Å². The van der Waals surface area contributed by atoms with Crippen LogP contribution in [0.25, 0.3) is 11.1 Å². The number of aryl methyl sites for hydroxylation is 1. The van der Waals surface area contributed by atoms with E-state index >= 15 is 0 Å². The van der Waals surface area contributed by atoms with Gasteiger partial charge in [-0.05, 0) is 67.1 Å². The van der Waals surface area contributed by atoms with Crippen LogP contribution >= 0.6 is 0 Å². The molecule has 4 rings (SSSR count). The third-order valence-corrected chi connectivity index (χ3v) is 5.40. The number of benzene rings is 1. The molecule has 1 aliphatic rings. The molecular formula is C25H24N4O3. The van der Waals surface area contributed by atoms with Crippen molar-refractivity contribution in [2.24, 2.45) is 0 Å². The van der Waals surface area contributed by atoms with Gasteiger partial charge in [0, 0.05) is 36.4 Å². The molecule has 1 amide bonds. The molecule has 0 saturated heterocycles. The molecule has 162 valence electrons. The zero-order valence-electron chi connectivity index (χ0n) is 18.1. The summed E-state index contributed by atoms with van der Waals surface area (Å²) in [4.78, 5) is 25.2. The number of carbonyl (C=O) groups excluding carboxylic acids is 1. The van der Waals surface area contributed by atoms with Crippen LogP contribution in [0.15, 0.2) is 49.1 Å². The van der Waals surface area contributed by atoms with Crippen molar-refractivity contribution in [1.82, 2.24) is 20.3 Å². The molecule has 0 fully saturated rings. The number of ether oxygens (including phenoxy) is 2. The van der Waals surface area contributed by atoms with E-state index in [9.17, 15) is 4.79 Å². The summed E-state index contributed by atoms with van der Waals surface area (Å²) in [5, 5.41) is 3.15. The molecule has 0 spiro atoms. The lowest BCUT2D eigenvalue weighted by molar-refractivity contribution is 0.0933. The highest BCUT2D eigenvalue weighted by molar-refractivity contribution is 5.94. The quantitative estimate of drug-likeness (QED) is 0.607. The maximum Gasteiger partial charge on any atom is 0.316 e. The van der Waals surface area contributed by atoms with Crippen molar-refractivity contribution in [3.05, 3.63) is 65.7 Å². The second-order valence-electron chi connectivity index (χ2n) is 7.44. The fourth-order valence-corrected chi connectivity index (χ4v) is 3.83. The van der Waals surface area contributed by atoms with Crippen LogP contribution in [0.1, 0.15) is 34.8 Å². The molecule has 2 aromatic heterocycles. The van der Waals surface area contributed by atoms with Crippen molar-refractivity contribution in [3.8, 4) is 34.7 Å². The first-order valence-corrected chi connectivity index (χ1v) is 10.4. The molecule has 7 nitrogen and oxygen atoms in total. The maximum atomic E-state index is 12.6. The number of carbonyl (C=O) groups is 1. The summed E-state index contributed by atoms with van der Waals surface area (Å²) in [5.41, 5.74) is 4.78. The Morgan fingerprint density at radius 3 is 2.81 bits per heavy atom. The van der Waals surface area contributed by atoms with Gasteiger partial charge in [0.15, 0.2) is 0 Å². The average molecular weight is 428 g/mol. The monoisotopic (exact) mass is 428 g/mol. The number of methoxy groups -OCH3 is 1. The smallest absolute Gasteiger partial charge is 0.316 e. The normalized spacial score (nSPS) is 14.5. The molecule has 1 atom stereocenters. The van der Waals surface area contributed by atoms with Gasteiger partial charge in [-0.2, -0.15) is 0 Å². The van der Waals surface area contributed by atoms with Crippen LogP contribution in [0.3, 0.4) is 0 Å². The van der Waals surface area contributed by atoms with Crippen molar-refractivity contribution in [3.63, 3.8) is 0 Å². The predicted octanol–water partition coefficient (Wildman–Crippen LogP) is 3.24. The standard InChI is InChI=1S/C25H24N4O3/c1-3-4-10-32-21-11-17-7-8-20(29-24(30)18-6-5-9-26-14-18)12-22(17)23(13-21)19-15-27-25(31-2)28-16-19/h5-6,9,11,13-16,20H,7-8,10,12H2,1-2H3,(H,29,30)/t20-/m1/s1. The van der Waals surface area contributed by atoms with Gasteiger partial charge >= 0.3 is 6.01 Å². The Morgan fingerprint density at radius 1 is 1.25 bits per heavy atom. The lowest BCUT2D eigenvalue weighted by Gasteiger charge is -2.28. The Balaban J connectivity index is 1.63. The van der Waals surface area contributed by atoms with Gasteiger partial charge in [-0.3, -0.25) is 9.78 Å². The largest absolute Gasteiger partial charge is 0.481 e. The first-order valence-electron chi connectivity index (χ1n) is 10.4. The minimum Gasteiger partial charge on any atom is -0.481 e. The number of amides is 1. The van der Waals surface area contributed by atoms with E-state index < -0.39 is 0 Å². The van der Waals surface area contributed by atoms with Crippen LogP contribution in [0.5, 0.6) is 11.8 Å². The molecule has 32 heavy (non-hydrogen) atoms. The van der Waals surface area contributed by atoms with Crippen molar-refractivity contribution in [1.29, 1.82) is 0 Å². The maximum absolute atomic E-state index is 12.6. The van der Waals surface area contributed by atoms with Crippen LogP contribution in [-0.2, 0) is 12.8 Å². The summed E-state index contributed by atoms with van der Waals surface area (Å²) >= 11 is 0. The fourth-order valence-electron chi connectivity index (χ4n) is 3.83. The number of nitrogens with one attached hydrogen (secondary N) is 1. The second-order valence-corrected chi connectivity index (χ2v) is 7.44. The topological polar surface area (TPSA) is 86.2 Å². The van der Waals surface area contributed by atoms with Crippen molar-refractivity contribution in [2.75, 3.05) is 13.7 Å². The van der Waals surface area contributed by atoms with Crippen LogP contribution in [0, 0.1) is 11.8 Å². The highest BCUT2D eigenvalue weighted by Crippen LogP contribution is 2.35. The summed E-state index contributed by atoms with van der Waals surface area (Å²) in [6.07, 6.45) is 9.10. The molecule has 7 heteroatoms. The van der Waals surface area contributed by atoms with E-state index in [-0.39, 0.29) is 11.9 Å². The Hall–Kier alpha value is -3.92. The lowest BCUT2D eigenvalue weighted by atomic mass is 9.83. The van der Waals surface area contributed by atoms with Crippen LogP contribution in [0.4, 0.5) is 0 Å². The first-order chi connectivity index (χ1) is 15.7. The van der Waals surface area contributed by atoms with Gasteiger partial charge < -0.3 is 14.8 Å². The number of fused-ring (bicyclic) bond motifs is 1. The first kappa shape index (κ1) is 21.3. The molecule has 0 unspecified atom stereocenters. The molecule has 0 radical (unpaired) electrons. The minimum atomic E-state index is -0.112. The number of aromatic nitrogens is 3. The SMILES string of the molecule is CC#CCOc1cc2c(c(-c3cnc(OC)nc3)c1)C[C@H](NC(=O)c1cccnc1)CC2. The molecule has 2 heterocycles. The van der Waals surface area contributed by atoms with Gasteiger partial charge in [-0.25, -0.2) is 9.97 Å². The summed E-state index contributed by atoms with van der Waals surface area (Å²) in [7, 11) is 1.54. The minimum absolute atomic E-state index is 0.0193. The van der Waals surface area contributed by atoms with Gasteiger partial charge in [0.05, 0.1) is 12.7 Å². The zero-order valence-corrected chi connectivity index (χ0v) is 18.1. The van der Waals surface area contributed by atoms with Gasteiger partial charge in [-0.1, -0.05) is 5.92 Å². The van der Waals surface area contributed by atoms with E-state index in [1.165, 1.54) is 12.7 Å². The van der Waals surface area contributed by atoms with E-state index in [0.717, 1.165) is 35.3 Å². The Kier molecular flexibility index (Phi) is 6.61. The molecule has 3 aromatic rings. The lowest BCUT2D eigenvalue weighted by Crippen LogP contribution is -2.39. The molecule has 1 aromatic carbocycles. The zero-order chi connectivity index (χ0) is 22.3. The number of rotatable bonds is 6. The number of hydrogen-bond acceptors (Lipinski definition) is 6. The molecule has 1 aliphatic carbocycles. The Bertz CT molecular complexity index is 1150. The van der Waals surface area contributed by atoms with E-state index in [1.54, 1.807) is 43.8 Å². The molecular weight excluding hydrogens is 404 g/mol. The summed E-state index contributed by atoms with van der Waals surface area (Å²) in [5.74, 6) is 6.42. The molecule has 0 saturated carbocycles. The number of hydrogen-bond donors (Lipinski definition) is 1. The molecule has 1 N–H and O–H groups in total. The van der Waals surface area contributed by atoms with Crippen molar-refractivity contribution in [2.45, 2.75) is 32.2 Å². The molecule has 0 aliphatic heterocycles. The van der Waals surface area contributed by atoms with Gasteiger partial charge in [0.25, 0.3) is 5.91 Å². The number of nitrogens with zero attached hydrogens (tertiary/aromatic N) is 3. The predicted molar refractivity (Wildman–Crippen MR) is 120 cm³/mol. The average Bonchev–Trinajstić information content (AvgIpc) is 2.84. The second kappa shape index (κ2) is 9.92. The fraction of sp³-hybridized carbons (Fsp3) is 0.280. The third-order valence-electron chi connectivity index (χ3n) is 5.40. The van der Waals surface area contributed by atoms with E-state index in [0.29, 0.717) is 24.6 Å². The van der Waals surface area contributed by atoms with Crippen molar-refractivity contribution >= 4 is 5.91 Å². The van der Waals surface area contributed by atoms with E-state index in [2.05, 4.69) is 38.2 Å². The van der Waals surface area contributed by atoms with Gasteiger partial charge in [-0.15, -0.1) is 5.92 Å². The molecule has 0 bridgehead atoms. The summed E-state index contributed by atoms with van der Waals surface area (Å²) < 4.78 is 10.9. The number of pyridine rings is 1. The highest BCUT2D eigenvalue weighted by atomic mass is 16.5. The third kappa shape index (κ3) is 4.86. The van der Waals surface area contributed by atoms with Gasteiger partial charge in [0.1, 0.15) is 12.4 Å². The Labute approximate surface area is 187 Å². The highest BCUT2D eigenvalue weighted by Gasteiger charge is 2.25. The van der Waals surface area contributed by atoms with Crippen molar-refractivity contribution < 1.29 is 14.3 Å². The van der Waals surface area contributed by atoms with Crippen LogP contribution < -0.4 is 14.8 Å². The Morgan fingerprint density at radius 2 is 2.09 bits per heavy atom.